The van der Waals surface area contributed by atoms with E-state index in [-0.39, 0.29) is 5.56 Å². The molecule has 1 saturated carbocycles. The average molecular weight is 207 g/mol. The number of aromatic nitrogens is 2. The summed E-state index contributed by atoms with van der Waals surface area (Å²) >= 11 is 0. The van der Waals surface area contributed by atoms with Crippen molar-refractivity contribution in [3.63, 3.8) is 0 Å². The lowest BCUT2D eigenvalue weighted by Crippen LogP contribution is -2.33. The van der Waals surface area contributed by atoms with Gasteiger partial charge in [-0.3, -0.25) is 4.79 Å². The van der Waals surface area contributed by atoms with Gasteiger partial charge in [0.15, 0.2) is 0 Å². The predicted octanol–water partition coefficient (Wildman–Crippen LogP) is 1.40. The van der Waals surface area contributed by atoms with E-state index in [9.17, 15) is 4.79 Å². The SMILES string of the molecule is CCN(CC1CCC1)c1cn[nH]c(=O)c1. The summed E-state index contributed by atoms with van der Waals surface area (Å²) in [5.74, 6) is 0.809. The van der Waals surface area contributed by atoms with Crippen LogP contribution in [0.2, 0.25) is 0 Å². The summed E-state index contributed by atoms with van der Waals surface area (Å²) in [6, 6.07) is 1.62. The van der Waals surface area contributed by atoms with Crippen LogP contribution in [0.1, 0.15) is 26.2 Å². The minimum atomic E-state index is -0.125. The van der Waals surface area contributed by atoms with E-state index in [4.69, 9.17) is 0 Å². The molecule has 0 radical (unpaired) electrons. The Morgan fingerprint density at radius 3 is 2.93 bits per heavy atom. The van der Waals surface area contributed by atoms with Crippen molar-refractivity contribution in [2.24, 2.45) is 5.92 Å². The van der Waals surface area contributed by atoms with Gasteiger partial charge in [0, 0.05) is 19.2 Å². The summed E-state index contributed by atoms with van der Waals surface area (Å²) in [5.41, 5.74) is 0.813. The van der Waals surface area contributed by atoms with Gasteiger partial charge in [-0.2, -0.15) is 5.10 Å². The van der Waals surface area contributed by atoms with Gasteiger partial charge in [-0.15, -0.1) is 0 Å². The highest BCUT2D eigenvalue weighted by Gasteiger charge is 2.20. The van der Waals surface area contributed by atoms with E-state index >= 15 is 0 Å². The Morgan fingerprint density at radius 2 is 2.40 bits per heavy atom. The average Bonchev–Trinajstić information content (AvgIpc) is 2.16. The van der Waals surface area contributed by atoms with Gasteiger partial charge in [-0.25, -0.2) is 5.10 Å². The van der Waals surface area contributed by atoms with Crippen molar-refractivity contribution < 1.29 is 0 Å². The largest absolute Gasteiger partial charge is 0.370 e. The van der Waals surface area contributed by atoms with Gasteiger partial charge in [0.25, 0.3) is 5.56 Å². The second-order valence-electron chi connectivity index (χ2n) is 4.14. The molecule has 4 nitrogen and oxygen atoms in total. The van der Waals surface area contributed by atoms with Crippen LogP contribution < -0.4 is 10.5 Å². The molecule has 1 aliphatic carbocycles. The van der Waals surface area contributed by atoms with Crippen LogP contribution in [0.15, 0.2) is 17.1 Å². The van der Waals surface area contributed by atoms with Crippen molar-refractivity contribution in [3.8, 4) is 0 Å². The standard InChI is InChI=1S/C11H17N3O/c1-2-14(8-9-4-3-5-9)10-6-11(15)13-12-7-10/h6-7,9H,2-5,8H2,1H3,(H,13,15). The highest BCUT2D eigenvalue weighted by Crippen LogP contribution is 2.28. The zero-order chi connectivity index (χ0) is 10.7. The zero-order valence-electron chi connectivity index (χ0n) is 9.07. The third kappa shape index (κ3) is 2.37. The number of nitrogens with zero attached hydrogens (tertiary/aromatic N) is 2. The summed E-state index contributed by atoms with van der Waals surface area (Å²) in [6.45, 7) is 4.10. The lowest BCUT2D eigenvalue weighted by Gasteiger charge is -2.32. The highest BCUT2D eigenvalue weighted by molar-refractivity contribution is 5.42. The van der Waals surface area contributed by atoms with E-state index in [1.807, 2.05) is 0 Å². The number of hydrogen-bond donors (Lipinski definition) is 1. The van der Waals surface area contributed by atoms with Gasteiger partial charge < -0.3 is 4.90 Å². The van der Waals surface area contributed by atoms with Gasteiger partial charge >= 0.3 is 0 Å². The Morgan fingerprint density at radius 1 is 1.60 bits per heavy atom. The molecule has 1 fully saturated rings. The van der Waals surface area contributed by atoms with Crippen molar-refractivity contribution >= 4 is 5.69 Å². The lowest BCUT2D eigenvalue weighted by molar-refractivity contribution is 0.318. The van der Waals surface area contributed by atoms with Gasteiger partial charge in [0.05, 0.1) is 11.9 Å². The molecule has 0 amide bonds. The normalized spacial score (nSPS) is 16.1. The number of H-pyrrole nitrogens is 1. The van der Waals surface area contributed by atoms with Crippen molar-refractivity contribution in [1.29, 1.82) is 0 Å². The maximum Gasteiger partial charge on any atom is 0.266 e. The number of hydrogen-bond acceptors (Lipinski definition) is 3. The first kappa shape index (κ1) is 10.2. The molecule has 2 rings (SSSR count). The van der Waals surface area contributed by atoms with Crippen LogP contribution in [0, 0.1) is 5.92 Å². The fraction of sp³-hybridized carbons (Fsp3) is 0.636. The van der Waals surface area contributed by atoms with E-state index in [1.54, 1.807) is 12.3 Å². The molecule has 0 aromatic carbocycles. The maximum atomic E-state index is 11.1. The molecule has 0 bridgehead atoms. The van der Waals surface area contributed by atoms with E-state index in [1.165, 1.54) is 19.3 Å². The van der Waals surface area contributed by atoms with E-state index < -0.39 is 0 Å². The molecular weight excluding hydrogens is 190 g/mol. The molecule has 15 heavy (non-hydrogen) atoms. The van der Waals surface area contributed by atoms with Crippen LogP contribution in [0.25, 0.3) is 0 Å². The minimum Gasteiger partial charge on any atom is -0.370 e. The van der Waals surface area contributed by atoms with Crippen LogP contribution >= 0.6 is 0 Å². The van der Waals surface area contributed by atoms with Gasteiger partial charge in [0.2, 0.25) is 0 Å². The molecule has 0 saturated heterocycles. The number of anilines is 1. The lowest BCUT2D eigenvalue weighted by atomic mass is 9.85. The van der Waals surface area contributed by atoms with Crippen LogP contribution in [-0.4, -0.2) is 23.3 Å². The molecule has 0 atom stereocenters. The van der Waals surface area contributed by atoms with Crippen LogP contribution in [0.5, 0.6) is 0 Å². The first-order valence-electron chi connectivity index (χ1n) is 5.59. The second-order valence-corrected chi connectivity index (χ2v) is 4.14. The number of rotatable bonds is 4. The van der Waals surface area contributed by atoms with E-state index in [0.717, 1.165) is 24.7 Å². The molecule has 1 N–H and O–H groups in total. The Hall–Kier alpha value is -1.32. The third-order valence-corrected chi connectivity index (χ3v) is 3.10. The molecule has 1 aromatic rings. The quantitative estimate of drug-likeness (QED) is 0.811. The number of aromatic amines is 1. The maximum absolute atomic E-state index is 11.1. The second kappa shape index (κ2) is 4.47. The van der Waals surface area contributed by atoms with Gasteiger partial charge in [-0.05, 0) is 25.7 Å². The van der Waals surface area contributed by atoms with E-state index in [0.29, 0.717) is 0 Å². The molecule has 0 unspecified atom stereocenters. The van der Waals surface area contributed by atoms with Crippen molar-refractivity contribution in [3.05, 3.63) is 22.6 Å². The van der Waals surface area contributed by atoms with Gasteiger partial charge in [-0.1, -0.05) is 6.42 Å². The van der Waals surface area contributed by atoms with Gasteiger partial charge in [0.1, 0.15) is 0 Å². The third-order valence-electron chi connectivity index (χ3n) is 3.10. The Bertz CT molecular complexity index is 370. The highest BCUT2D eigenvalue weighted by atomic mass is 16.1. The van der Waals surface area contributed by atoms with Crippen LogP contribution in [-0.2, 0) is 0 Å². The van der Waals surface area contributed by atoms with E-state index in [2.05, 4.69) is 22.0 Å². The zero-order valence-corrected chi connectivity index (χ0v) is 9.07. The smallest absolute Gasteiger partial charge is 0.266 e. The summed E-state index contributed by atoms with van der Waals surface area (Å²) in [7, 11) is 0. The molecule has 4 heteroatoms. The van der Waals surface area contributed by atoms with Crippen LogP contribution in [0.4, 0.5) is 5.69 Å². The molecule has 0 spiro atoms. The summed E-state index contributed by atoms with van der Waals surface area (Å²) in [5, 5.41) is 6.22. The van der Waals surface area contributed by atoms with Crippen molar-refractivity contribution in [2.45, 2.75) is 26.2 Å². The van der Waals surface area contributed by atoms with Crippen molar-refractivity contribution in [1.82, 2.24) is 10.2 Å². The molecule has 1 heterocycles. The first-order chi connectivity index (χ1) is 7.29. The molecular formula is C11H17N3O. The fourth-order valence-electron chi connectivity index (χ4n) is 1.94. The van der Waals surface area contributed by atoms with Crippen molar-refractivity contribution in [2.75, 3.05) is 18.0 Å². The molecule has 1 aromatic heterocycles. The molecule has 0 aliphatic heterocycles. The molecule has 82 valence electrons. The fourth-order valence-corrected chi connectivity index (χ4v) is 1.94. The predicted molar refractivity (Wildman–Crippen MR) is 60.1 cm³/mol. The van der Waals surface area contributed by atoms with Crippen LogP contribution in [0.3, 0.4) is 0 Å². The first-order valence-corrected chi connectivity index (χ1v) is 5.59. The topological polar surface area (TPSA) is 49.0 Å². The minimum absolute atomic E-state index is 0.125. The Kier molecular flexibility index (Phi) is 3.04. The molecule has 1 aliphatic rings. The summed E-state index contributed by atoms with van der Waals surface area (Å²) in [4.78, 5) is 13.4. The summed E-state index contributed by atoms with van der Waals surface area (Å²) in [6.07, 6.45) is 5.74. The summed E-state index contributed by atoms with van der Waals surface area (Å²) < 4.78 is 0. The monoisotopic (exact) mass is 207 g/mol. The Labute approximate surface area is 89.3 Å². The Balaban J connectivity index is 2.07. The number of nitrogens with one attached hydrogen (secondary N) is 1.